The highest BCUT2D eigenvalue weighted by Crippen LogP contribution is 2.16. The Balaban J connectivity index is 1.74. The van der Waals surface area contributed by atoms with Crippen molar-refractivity contribution in [2.24, 2.45) is 5.92 Å². The molecule has 1 aromatic carbocycles. The summed E-state index contributed by atoms with van der Waals surface area (Å²) >= 11 is 0. The van der Waals surface area contributed by atoms with Crippen LogP contribution in [0.25, 0.3) is 6.08 Å². The van der Waals surface area contributed by atoms with E-state index in [0.29, 0.717) is 26.1 Å². The Morgan fingerprint density at radius 2 is 2.10 bits per heavy atom. The first-order chi connectivity index (χ1) is 10.1. The van der Waals surface area contributed by atoms with Crippen LogP contribution in [0.3, 0.4) is 0 Å². The normalized spacial score (nSPS) is 17.5. The predicted molar refractivity (Wildman–Crippen MR) is 81.0 cm³/mol. The molecule has 5 nitrogen and oxygen atoms in total. The number of aliphatic carboxylic acids is 1. The van der Waals surface area contributed by atoms with Gasteiger partial charge in [-0.15, -0.1) is 0 Å². The molecule has 1 atom stereocenters. The molecule has 1 unspecified atom stereocenters. The second-order valence-corrected chi connectivity index (χ2v) is 5.20. The Morgan fingerprint density at radius 3 is 2.67 bits per heavy atom. The van der Waals surface area contributed by atoms with Gasteiger partial charge in [0.2, 0.25) is 0 Å². The van der Waals surface area contributed by atoms with Crippen molar-refractivity contribution in [3.05, 3.63) is 42.0 Å². The van der Waals surface area contributed by atoms with Gasteiger partial charge >= 0.3 is 12.0 Å². The summed E-state index contributed by atoms with van der Waals surface area (Å²) in [5, 5.41) is 11.7. The van der Waals surface area contributed by atoms with Crippen LogP contribution in [-0.2, 0) is 11.2 Å². The van der Waals surface area contributed by atoms with Crippen molar-refractivity contribution in [2.75, 3.05) is 19.6 Å². The summed E-state index contributed by atoms with van der Waals surface area (Å²) in [5.41, 5.74) is 2.21. The fraction of sp³-hybridized carbons (Fsp3) is 0.375. The molecule has 0 spiro atoms. The van der Waals surface area contributed by atoms with Gasteiger partial charge in [-0.2, -0.15) is 0 Å². The van der Waals surface area contributed by atoms with Gasteiger partial charge < -0.3 is 15.3 Å². The highest BCUT2D eigenvalue weighted by Gasteiger charge is 2.30. The number of carbonyl (C=O) groups is 2. The first kappa shape index (κ1) is 15.1. The van der Waals surface area contributed by atoms with Gasteiger partial charge in [0.25, 0.3) is 0 Å². The number of benzene rings is 1. The molecule has 1 aliphatic rings. The minimum absolute atomic E-state index is 0.179. The number of carbonyl (C=O) groups excluding carboxylic acids is 1. The van der Waals surface area contributed by atoms with E-state index in [-0.39, 0.29) is 6.03 Å². The summed E-state index contributed by atoms with van der Waals surface area (Å²) < 4.78 is 0. The Kier molecular flexibility index (Phi) is 4.98. The molecule has 0 saturated carbocycles. The molecular formula is C16H20N2O3. The maximum Gasteiger partial charge on any atom is 0.317 e. The molecule has 2 N–H and O–H groups in total. The molecule has 1 aliphatic heterocycles. The molecule has 0 aromatic heterocycles. The molecule has 0 radical (unpaired) electrons. The van der Waals surface area contributed by atoms with Crippen molar-refractivity contribution in [2.45, 2.75) is 12.8 Å². The summed E-state index contributed by atoms with van der Waals surface area (Å²) in [4.78, 5) is 24.3. The Labute approximate surface area is 124 Å². The average molecular weight is 288 g/mol. The van der Waals surface area contributed by atoms with E-state index in [9.17, 15) is 9.59 Å². The summed E-state index contributed by atoms with van der Waals surface area (Å²) in [5.74, 6) is -1.25. The first-order valence-corrected chi connectivity index (χ1v) is 7.07. The van der Waals surface area contributed by atoms with E-state index >= 15 is 0 Å². The standard InChI is InChI=1S/C16H20N2O3/c1-2-12-3-5-13(6-4-12)7-9-17-16(21)18-10-8-14(11-18)15(19)20/h2-6,14H,1,7-11H2,(H,17,21)(H,19,20). The molecule has 0 aliphatic carbocycles. The van der Waals surface area contributed by atoms with Gasteiger partial charge in [0.15, 0.2) is 0 Å². The molecule has 1 aromatic rings. The van der Waals surface area contributed by atoms with Crippen LogP contribution in [0.4, 0.5) is 4.79 Å². The summed E-state index contributed by atoms with van der Waals surface area (Å²) in [7, 11) is 0. The van der Waals surface area contributed by atoms with E-state index in [2.05, 4.69) is 11.9 Å². The molecule has 1 heterocycles. The van der Waals surface area contributed by atoms with Crippen molar-refractivity contribution in [1.82, 2.24) is 10.2 Å². The monoisotopic (exact) mass is 288 g/mol. The molecule has 112 valence electrons. The minimum Gasteiger partial charge on any atom is -0.481 e. The lowest BCUT2D eigenvalue weighted by Gasteiger charge is -2.16. The topological polar surface area (TPSA) is 69.6 Å². The molecule has 1 saturated heterocycles. The highest BCUT2D eigenvalue weighted by molar-refractivity contribution is 5.77. The number of urea groups is 1. The number of rotatable bonds is 5. The van der Waals surface area contributed by atoms with Crippen molar-refractivity contribution in [3.63, 3.8) is 0 Å². The van der Waals surface area contributed by atoms with Crippen molar-refractivity contribution < 1.29 is 14.7 Å². The molecule has 2 amide bonds. The van der Waals surface area contributed by atoms with Crippen LogP contribution in [0.15, 0.2) is 30.8 Å². The van der Waals surface area contributed by atoms with Crippen LogP contribution in [-0.4, -0.2) is 41.6 Å². The number of carboxylic acids is 1. The molecule has 5 heteroatoms. The number of amides is 2. The minimum atomic E-state index is -0.826. The molecule has 0 bridgehead atoms. The van der Waals surface area contributed by atoms with Crippen molar-refractivity contribution in [3.8, 4) is 0 Å². The number of hydrogen-bond donors (Lipinski definition) is 2. The van der Waals surface area contributed by atoms with Crippen LogP contribution in [0.2, 0.25) is 0 Å². The summed E-state index contributed by atoms with van der Waals surface area (Å²) in [6.07, 6.45) is 3.07. The molecule has 21 heavy (non-hydrogen) atoms. The predicted octanol–water partition coefficient (Wildman–Crippen LogP) is 1.99. The third kappa shape index (κ3) is 4.08. The van der Waals surface area contributed by atoms with Crippen LogP contribution >= 0.6 is 0 Å². The maximum atomic E-state index is 11.9. The molecule has 1 fully saturated rings. The van der Waals surface area contributed by atoms with Crippen LogP contribution in [0.1, 0.15) is 17.5 Å². The number of carboxylic acid groups (broad SMARTS) is 1. The van der Waals surface area contributed by atoms with E-state index in [1.165, 1.54) is 0 Å². The Bertz CT molecular complexity index is 525. The Hall–Kier alpha value is -2.30. The van der Waals surface area contributed by atoms with Gasteiger partial charge in [-0.05, 0) is 24.0 Å². The largest absolute Gasteiger partial charge is 0.481 e. The fourth-order valence-electron chi connectivity index (χ4n) is 2.39. The van der Waals surface area contributed by atoms with E-state index in [1.807, 2.05) is 24.3 Å². The van der Waals surface area contributed by atoms with Crippen molar-refractivity contribution in [1.29, 1.82) is 0 Å². The first-order valence-electron chi connectivity index (χ1n) is 7.07. The quantitative estimate of drug-likeness (QED) is 0.870. The molecule has 2 rings (SSSR count). The van der Waals surface area contributed by atoms with Gasteiger partial charge in [-0.25, -0.2) is 4.79 Å². The number of nitrogens with zero attached hydrogens (tertiary/aromatic N) is 1. The lowest BCUT2D eigenvalue weighted by Crippen LogP contribution is -2.39. The second kappa shape index (κ2) is 6.92. The lowest BCUT2D eigenvalue weighted by molar-refractivity contribution is -0.141. The highest BCUT2D eigenvalue weighted by atomic mass is 16.4. The average Bonchev–Trinajstić information content (AvgIpc) is 2.98. The van der Waals surface area contributed by atoms with Gasteiger partial charge in [-0.1, -0.05) is 36.9 Å². The van der Waals surface area contributed by atoms with E-state index in [1.54, 1.807) is 11.0 Å². The summed E-state index contributed by atoms with van der Waals surface area (Å²) in [6, 6.07) is 7.82. The van der Waals surface area contributed by atoms with Gasteiger partial charge in [0.1, 0.15) is 0 Å². The Morgan fingerprint density at radius 1 is 1.38 bits per heavy atom. The zero-order chi connectivity index (χ0) is 15.2. The maximum absolute atomic E-state index is 11.9. The number of nitrogens with one attached hydrogen (secondary N) is 1. The van der Waals surface area contributed by atoms with Crippen molar-refractivity contribution >= 4 is 18.1 Å². The van der Waals surface area contributed by atoms with Gasteiger partial charge in [0, 0.05) is 19.6 Å². The number of likely N-dealkylation sites (tertiary alicyclic amines) is 1. The zero-order valence-corrected chi connectivity index (χ0v) is 11.9. The molecular weight excluding hydrogens is 268 g/mol. The smallest absolute Gasteiger partial charge is 0.317 e. The van der Waals surface area contributed by atoms with Crippen LogP contribution in [0, 0.1) is 5.92 Å². The van der Waals surface area contributed by atoms with E-state index in [0.717, 1.165) is 17.5 Å². The second-order valence-electron chi connectivity index (χ2n) is 5.20. The third-order valence-electron chi connectivity index (χ3n) is 3.73. The number of hydrogen-bond acceptors (Lipinski definition) is 2. The lowest BCUT2D eigenvalue weighted by atomic mass is 10.1. The van der Waals surface area contributed by atoms with E-state index in [4.69, 9.17) is 5.11 Å². The SMILES string of the molecule is C=Cc1ccc(CCNC(=O)N2CCC(C(=O)O)C2)cc1. The van der Waals surface area contributed by atoms with Gasteiger partial charge in [0.05, 0.1) is 5.92 Å². The van der Waals surface area contributed by atoms with E-state index < -0.39 is 11.9 Å². The fourth-order valence-corrected chi connectivity index (χ4v) is 2.39. The summed E-state index contributed by atoms with van der Waals surface area (Å²) in [6.45, 7) is 5.06. The van der Waals surface area contributed by atoms with Gasteiger partial charge in [-0.3, -0.25) is 4.79 Å². The van der Waals surface area contributed by atoms with Crippen LogP contribution in [0.5, 0.6) is 0 Å². The third-order valence-corrected chi connectivity index (χ3v) is 3.73. The zero-order valence-electron chi connectivity index (χ0n) is 11.9. The van der Waals surface area contributed by atoms with Crippen LogP contribution < -0.4 is 5.32 Å².